The summed E-state index contributed by atoms with van der Waals surface area (Å²) in [4.78, 5) is 14.8. The lowest BCUT2D eigenvalue weighted by molar-refractivity contribution is -0.139. The third kappa shape index (κ3) is 2.67. The molecule has 1 saturated heterocycles. The SMILES string of the molecule is CC1CN(CC(=O)O)CC(C)N1C. The molecule has 13 heavy (non-hydrogen) atoms. The third-order valence-electron chi connectivity index (χ3n) is 2.79. The van der Waals surface area contributed by atoms with Crippen molar-refractivity contribution in [2.75, 3.05) is 26.7 Å². The molecule has 1 aliphatic rings. The fourth-order valence-corrected chi connectivity index (χ4v) is 1.83. The van der Waals surface area contributed by atoms with Crippen LogP contribution in [0.5, 0.6) is 0 Å². The Balaban J connectivity index is 2.48. The van der Waals surface area contributed by atoms with E-state index >= 15 is 0 Å². The van der Waals surface area contributed by atoms with E-state index in [1.807, 2.05) is 4.90 Å². The van der Waals surface area contributed by atoms with Crippen molar-refractivity contribution in [2.24, 2.45) is 0 Å². The number of carboxylic acid groups (broad SMARTS) is 1. The predicted octanol–water partition coefficient (Wildman–Crippen LogP) is 0.0954. The van der Waals surface area contributed by atoms with Crippen LogP contribution in [-0.4, -0.2) is 59.6 Å². The third-order valence-corrected chi connectivity index (χ3v) is 2.79. The van der Waals surface area contributed by atoms with Gasteiger partial charge in [-0.05, 0) is 20.9 Å². The van der Waals surface area contributed by atoms with Gasteiger partial charge in [0.05, 0.1) is 6.54 Å². The van der Waals surface area contributed by atoms with Gasteiger partial charge in [-0.2, -0.15) is 0 Å². The number of nitrogens with zero attached hydrogens (tertiary/aromatic N) is 2. The van der Waals surface area contributed by atoms with E-state index in [0.717, 1.165) is 13.1 Å². The molecular formula is C9H18N2O2. The maximum atomic E-state index is 10.5. The van der Waals surface area contributed by atoms with Gasteiger partial charge in [-0.1, -0.05) is 0 Å². The van der Waals surface area contributed by atoms with E-state index in [-0.39, 0.29) is 6.54 Å². The average Bonchev–Trinajstić information content (AvgIpc) is 1.98. The number of likely N-dealkylation sites (N-methyl/N-ethyl adjacent to an activating group) is 1. The van der Waals surface area contributed by atoms with Crippen LogP contribution in [0.15, 0.2) is 0 Å². The zero-order valence-corrected chi connectivity index (χ0v) is 8.53. The Morgan fingerprint density at radius 2 is 1.85 bits per heavy atom. The molecule has 1 heterocycles. The molecule has 0 bridgehead atoms. The second-order valence-corrected chi connectivity index (χ2v) is 3.95. The zero-order valence-electron chi connectivity index (χ0n) is 8.53. The minimum absolute atomic E-state index is 0.169. The Hall–Kier alpha value is -0.610. The van der Waals surface area contributed by atoms with Crippen LogP contribution < -0.4 is 0 Å². The molecule has 0 aromatic carbocycles. The molecule has 0 saturated carbocycles. The van der Waals surface area contributed by atoms with Crippen molar-refractivity contribution >= 4 is 5.97 Å². The topological polar surface area (TPSA) is 43.8 Å². The molecule has 1 rings (SSSR count). The van der Waals surface area contributed by atoms with Crippen molar-refractivity contribution in [1.82, 2.24) is 9.80 Å². The lowest BCUT2D eigenvalue weighted by atomic mass is 10.1. The molecule has 76 valence electrons. The highest BCUT2D eigenvalue weighted by Gasteiger charge is 2.27. The van der Waals surface area contributed by atoms with Gasteiger partial charge in [-0.25, -0.2) is 0 Å². The van der Waals surface area contributed by atoms with Crippen LogP contribution in [0.3, 0.4) is 0 Å². The monoisotopic (exact) mass is 186 g/mol. The number of hydrogen-bond acceptors (Lipinski definition) is 3. The number of carboxylic acids is 1. The molecule has 2 atom stereocenters. The highest BCUT2D eigenvalue weighted by molar-refractivity contribution is 5.69. The second-order valence-electron chi connectivity index (χ2n) is 3.95. The van der Waals surface area contributed by atoms with E-state index in [9.17, 15) is 4.79 Å². The lowest BCUT2D eigenvalue weighted by Gasteiger charge is -2.41. The summed E-state index contributed by atoms with van der Waals surface area (Å²) in [5.41, 5.74) is 0. The van der Waals surface area contributed by atoms with Gasteiger partial charge in [0.2, 0.25) is 0 Å². The molecule has 1 aliphatic heterocycles. The zero-order chi connectivity index (χ0) is 10.0. The first-order valence-electron chi connectivity index (χ1n) is 4.66. The maximum Gasteiger partial charge on any atom is 0.317 e. The summed E-state index contributed by atoms with van der Waals surface area (Å²) >= 11 is 0. The molecule has 0 spiro atoms. The lowest BCUT2D eigenvalue weighted by Crippen LogP contribution is -2.55. The first kappa shape index (κ1) is 10.5. The van der Waals surface area contributed by atoms with Crippen molar-refractivity contribution in [3.8, 4) is 0 Å². The molecular weight excluding hydrogens is 168 g/mol. The number of carbonyl (C=O) groups is 1. The van der Waals surface area contributed by atoms with Gasteiger partial charge in [0.15, 0.2) is 0 Å². The van der Waals surface area contributed by atoms with Crippen molar-refractivity contribution in [1.29, 1.82) is 0 Å². The summed E-state index contributed by atoms with van der Waals surface area (Å²) in [6, 6.07) is 0.895. The fraction of sp³-hybridized carbons (Fsp3) is 0.889. The van der Waals surface area contributed by atoms with Gasteiger partial charge < -0.3 is 5.11 Å². The van der Waals surface area contributed by atoms with Gasteiger partial charge in [-0.3, -0.25) is 14.6 Å². The molecule has 0 aromatic heterocycles. The molecule has 1 N–H and O–H groups in total. The molecule has 2 unspecified atom stereocenters. The minimum atomic E-state index is -0.732. The van der Waals surface area contributed by atoms with Gasteiger partial charge in [-0.15, -0.1) is 0 Å². The Morgan fingerprint density at radius 3 is 2.23 bits per heavy atom. The smallest absolute Gasteiger partial charge is 0.317 e. The normalized spacial score (nSPS) is 31.9. The van der Waals surface area contributed by atoms with Crippen LogP contribution in [0.4, 0.5) is 0 Å². The quantitative estimate of drug-likeness (QED) is 0.664. The summed E-state index contributed by atoms with van der Waals surface area (Å²) in [5, 5.41) is 8.65. The average molecular weight is 186 g/mol. The van der Waals surface area contributed by atoms with Crippen LogP contribution in [0.25, 0.3) is 0 Å². The maximum absolute atomic E-state index is 10.5. The van der Waals surface area contributed by atoms with Gasteiger partial charge in [0.1, 0.15) is 0 Å². The standard InChI is InChI=1S/C9H18N2O2/c1-7-4-11(6-9(12)13)5-8(2)10(7)3/h7-8H,4-6H2,1-3H3,(H,12,13). The summed E-state index contributed by atoms with van der Waals surface area (Å²) in [5.74, 6) is -0.732. The van der Waals surface area contributed by atoms with Gasteiger partial charge in [0, 0.05) is 25.2 Å². The molecule has 4 nitrogen and oxygen atoms in total. The number of aliphatic carboxylic acids is 1. The van der Waals surface area contributed by atoms with E-state index in [1.165, 1.54) is 0 Å². The summed E-state index contributed by atoms with van der Waals surface area (Å²) in [6.07, 6.45) is 0. The fourth-order valence-electron chi connectivity index (χ4n) is 1.83. The first-order chi connectivity index (χ1) is 6.00. The molecule has 0 aromatic rings. The van der Waals surface area contributed by atoms with E-state index in [1.54, 1.807) is 0 Å². The molecule has 0 aliphatic carbocycles. The van der Waals surface area contributed by atoms with Crippen LogP contribution in [0.2, 0.25) is 0 Å². The summed E-state index contributed by atoms with van der Waals surface area (Å²) < 4.78 is 0. The number of piperazine rings is 1. The molecule has 0 radical (unpaired) electrons. The Morgan fingerprint density at radius 1 is 1.38 bits per heavy atom. The Labute approximate surface area is 79.1 Å². The van der Waals surface area contributed by atoms with E-state index in [2.05, 4.69) is 25.8 Å². The van der Waals surface area contributed by atoms with Crippen molar-refractivity contribution in [3.63, 3.8) is 0 Å². The van der Waals surface area contributed by atoms with Crippen molar-refractivity contribution in [2.45, 2.75) is 25.9 Å². The van der Waals surface area contributed by atoms with E-state index in [4.69, 9.17) is 5.11 Å². The summed E-state index contributed by atoms with van der Waals surface area (Å²) in [7, 11) is 2.09. The molecule has 0 amide bonds. The predicted molar refractivity (Wildman–Crippen MR) is 50.8 cm³/mol. The molecule has 1 fully saturated rings. The van der Waals surface area contributed by atoms with Crippen molar-refractivity contribution in [3.05, 3.63) is 0 Å². The summed E-state index contributed by atoms with van der Waals surface area (Å²) in [6.45, 7) is 6.14. The first-order valence-corrected chi connectivity index (χ1v) is 4.66. The van der Waals surface area contributed by atoms with E-state index in [0.29, 0.717) is 12.1 Å². The van der Waals surface area contributed by atoms with Crippen LogP contribution in [-0.2, 0) is 4.79 Å². The highest BCUT2D eigenvalue weighted by Crippen LogP contribution is 2.12. The highest BCUT2D eigenvalue weighted by atomic mass is 16.4. The Bertz CT molecular complexity index is 184. The largest absolute Gasteiger partial charge is 0.480 e. The van der Waals surface area contributed by atoms with Crippen LogP contribution >= 0.6 is 0 Å². The number of rotatable bonds is 2. The van der Waals surface area contributed by atoms with Crippen LogP contribution in [0, 0.1) is 0 Å². The van der Waals surface area contributed by atoms with Crippen molar-refractivity contribution < 1.29 is 9.90 Å². The molecule has 4 heteroatoms. The second kappa shape index (κ2) is 4.07. The Kier molecular flexibility index (Phi) is 3.27. The van der Waals surface area contributed by atoms with Gasteiger partial charge >= 0.3 is 5.97 Å². The number of hydrogen-bond donors (Lipinski definition) is 1. The minimum Gasteiger partial charge on any atom is -0.480 e. The van der Waals surface area contributed by atoms with Gasteiger partial charge in [0.25, 0.3) is 0 Å². The van der Waals surface area contributed by atoms with Crippen LogP contribution in [0.1, 0.15) is 13.8 Å². The van der Waals surface area contributed by atoms with E-state index < -0.39 is 5.97 Å².